The smallest absolute Gasteiger partial charge is 0.0359 e. The molecule has 72 valence electrons. The first-order valence-electron chi connectivity index (χ1n) is 5.17. The Morgan fingerprint density at radius 2 is 2.38 bits per heavy atom. The van der Waals surface area contributed by atoms with E-state index in [9.17, 15) is 0 Å². The van der Waals surface area contributed by atoms with Gasteiger partial charge in [0.25, 0.3) is 0 Å². The standard InChI is InChI=1S/C11H18N2/c1-13-7-3-6-11(13)9-12-8-10-4-2-5-10/h3,6-7,10,12H,2,4-5,8-9H2,1H3. The molecule has 1 aromatic rings. The summed E-state index contributed by atoms with van der Waals surface area (Å²) in [7, 11) is 2.10. The Balaban J connectivity index is 1.70. The van der Waals surface area contributed by atoms with E-state index >= 15 is 0 Å². The van der Waals surface area contributed by atoms with Gasteiger partial charge in [-0.05, 0) is 37.4 Å². The Kier molecular flexibility index (Phi) is 2.69. The Hall–Kier alpha value is -0.760. The third kappa shape index (κ3) is 2.13. The van der Waals surface area contributed by atoms with Gasteiger partial charge in [0, 0.05) is 25.5 Å². The lowest BCUT2D eigenvalue weighted by molar-refractivity contribution is 0.300. The second-order valence-corrected chi connectivity index (χ2v) is 4.04. The van der Waals surface area contributed by atoms with Gasteiger partial charge < -0.3 is 9.88 Å². The number of aryl methyl sites for hydroxylation is 1. The quantitative estimate of drug-likeness (QED) is 0.745. The van der Waals surface area contributed by atoms with E-state index in [-0.39, 0.29) is 0 Å². The molecule has 1 heterocycles. The fourth-order valence-corrected chi connectivity index (χ4v) is 1.78. The molecule has 1 fully saturated rings. The van der Waals surface area contributed by atoms with Gasteiger partial charge in [-0.1, -0.05) is 6.42 Å². The van der Waals surface area contributed by atoms with E-state index in [1.165, 1.54) is 31.5 Å². The molecule has 0 amide bonds. The van der Waals surface area contributed by atoms with Crippen molar-refractivity contribution in [2.75, 3.05) is 6.54 Å². The Bertz CT molecular complexity index is 261. The zero-order valence-electron chi connectivity index (χ0n) is 8.29. The van der Waals surface area contributed by atoms with E-state index in [1.807, 2.05) is 0 Å². The zero-order chi connectivity index (χ0) is 9.10. The van der Waals surface area contributed by atoms with Crippen molar-refractivity contribution in [1.82, 2.24) is 9.88 Å². The van der Waals surface area contributed by atoms with Crippen LogP contribution in [0.5, 0.6) is 0 Å². The lowest BCUT2D eigenvalue weighted by Crippen LogP contribution is -2.27. The van der Waals surface area contributed by atoms with Crippen molar-refractivity contribution in [3.05, 3.63) is 24.0 Å². The molecule has 1 aliphatic carbocycles. The normalized spacial score (nSPS) is 17.3. The summed E-state index contributed by atoms with van der Waals surface area (Å²) in [5.74, 6) is 0.959. The molecule has 1 saturated carbocycles. The van der Waals surface area contributed by atoms with Crippen LogP contribution >= 0.6 is 0 Å². The van der Waals surface area contributed by atoms with E-state index in [0.717, 1.165) is 12.5 Å². The fraction of sp³-hybridized carbons (Fsp3) is 0.636. The summed E-state index contributed by atoms with van der Waals surface area (Å²) in [5, 5.41) is 3.51. The van der Waals surface area contributed by atoms with Crippen LogP contribution in [-0.2, 0) is 13.6 Å². The van der Waals surface area contributed by atoms with Crippen molar-refractivity contribution < 1.29 is 0 Å². The molecule has 2 rings (SSSR count). The van der Waals surface area contributed by atoms with Gasteiger partial charge in [0.15, 0.2) is 0 Å². The highest BCUT2D eigenvalue weighted by Gasteiger charge is 2.16. The second kappa shape index (κ2) is 3.97. The summed E-state index contributed by atoms with van der Waals surface area (Å²) < 4.78 is 2.17. The molecule has 1 aliphatic rings. The summed E-state index contributed by atoms with van der Waals surface area (Å²) >= 11 is 0. The first-order valence-corrected chi connectivity index (χ1v) is 5.17. The van der Waals surface area contributed by atoms with Crippen LogP contribution in [0.4, 0.5) is 0 Å². The highest BCUT2D eigenvalue weighted by Crippen LogP contribution is 2.25. The lowest BCUT2D eigenvalue weighted by atomic mass is 9.85. The highest BCUT2D eigenvalue weighted by atomic mass is 15.0. The largest absolute Gasteiger partial charge is 0.353 e. The molecule has 1 aromatic heterocycles. The van der Waals surface area contributed by atoms with Crippen LogP contribution < -0.4 is 5.32 Å². The Morgan fingerprint density at radius 1 is 1.54 bits per heavy atom. The molecule has 0 saturated heterocycles. The van der Waals surface area contributed by atoms with Crippen LogP contribution in [0.2, 0.25) is 0 Å². The van der Waals surface area contributed by atoms with Crippen molar-refractivity contribution in [3.8, 4) is 0 Å². The molecular weight excluding hydrogens is 160 g/mol. The van der Waals surface area contributed by atoms with Crippen molar-refractivity contribution in [1.29, 1.82) is 0 Å². The second-order valence-electron chi connectivity index (χ2n) is 4.04. The minimum Gasteiger partial charge on any atom is -0.353 e. The zero-order valence-corrected chi connectivity index (χ0v) is 8.29. The molecule has 0 aliphatic heterocycles. The minimum absolute atomic E-state index is 0.959. The molecule has 0 bridgehead atoms. The molecule has 1 N–H and O–H groups in total. The van der Waals surface area contributed by atoms with Gasteiger partial charge in [-0.2, -0.15) is 0 Å². The summed E-state index contributed by atoms with van der Waals surface area (Å²) in [6.07, 6.45) is 6.40. The maximum Gasteiger partial charge on any atom is 0.0359 e. The highest BCUT2D eigenvalue weighted by molar-refractivity contribution is 5.05. The lowest BCUT2D eigenvalue weighted by Gasteiger charge is -2.25. The predicted octanol–water partition coefficient (Wildman–Crippen LogP) is 1.91. The van der Waals surface area contributed by atoms with E-state index in [2.05, 4.69) is 35.3 Å². The SMILES string of the molecule is Cn1cccc1CNCC1CCC1. The predicted molar refractivity (Wildman–Crippen MR) is 54.5 cm³/mol. The first kappa shape index (κ1) is 8.82. The number of aromatic nitrogens is 1. The molecule has 2 nitrogen and oxygen atoms in total. The number of rotatable bonds is 4. The first-order chi connectivity index (χ1) is 6.36. The average molecular weight is 178 g/mol. The summed E-state index contributed by atoms with van der Waals surface area (Å²) in [4.78, 5) is 0. The molecule has 2 heteroatoms. The molecule has 0 atom stereocenters. The summed E-state index contributed by atoms with van der Waals surface area (Å²) in [5.41, 5.74) is 1.37. The molecular formula is C11H18N2. The number of hydrogen-bond acceptors (Lipinski definition) is 1. The third-order valence-corrected chi connectivity index (χ3v) is 3.02. The number of hydrogen-bond donors (Lipinski definition) is 1. The number of nitrogens with one attached hydrogen (secondary N) is 1. The van der Waals surface area contributed by atoms with Gasteiger partial charge in [-0.15, -0.1) is 0 Å². The van der Waals surface area contributed by atoms with Crippen molar-refractivity contribution in [2.45, 2.75) is 25.8 Å². The van der Waals surface area contributed by atoms with E-state index in [4.69, 9.17) is 0 Å². The maximum atomic E-state index is 3.51. The fourth-order valence-electron chi connectivity index (χ4n) is 1.78. The minimum atomic E-state index is 0.959. The van der Waals surface area contributed by atoms with Crippen LogP contribution in [0.15, 0.2) is 18.3 Å². The van der Waals surface area contributed by atoms with Gasteiger partial charge in [-0.25, -0.2) is 0 Å². The summed E-state index contributed by atoms with van der Waals surface area (Å²) in [6, 6.07) is 4.27. The van der Waals surface area contributed by atoms with E-state index in [0.29, 0.717) is 0 Å². The van der Waals surface area contributed by atoms with E-state index < -0.39 is 0 Å². The van der Waals surface area contributed by atoms with Crippen LogP contribution in [0.25, 0.3) is 0 Å². The number of nitrogens with zero attached hydrogens (tertiary/aromatic N) is 1. The van der Waals surface area contributed by atoms with Crippen molar-refractivity contribution in [2.24, 2.45) is 13.0 Å². The Morgan fingerprint density at radius 3 is 2.92 bits per heavy atom. The van der Waals surface area contributed by atoms with Gasteiger partial charge in [-0.3, -0.25) is 0 Å². The van der Waals surface area contributed by atoms with Crippen LogP contribution in [0.1, 0.15) is 25.0 Å². The van der Waals surface area contributed by atoms with Gasteiger partial charge in [0.1, 0.15) is 0 Å². The van der Waals surface area contributed by atoms with E-state index in [1.54, 1.807) is 0 Å². The maximum absolute atomic E-state index is 3.51. The molecule has 0 spiro atoms. The van der Waals surface area contributed by atoms with Crippen LogP contribution in [0.3, 0.4) is 0 Å². The van der Waals surface area contributed by atoms with Gasteiger partial charge >= 0.3 is 0 Å². The molecule has 0 aromatic carbocycles. The topological polar surface area (TPSA) is 17.0 Å². The third-order valence-electron chi connectivity index (χ3n) is 3.02. The van der Waals surface area contributed by atoms with Crippen molar-refractivity contribution in [3.63, 3.8) is 0 Å². The van der Waals surface area contributed by atoms with Crippen molar-refractivity contribution >= 4 is 0 Å². The van der Waals surface area contributed by atoms with Gasteiger partial charge in [0.05, 0.1) is 0 Å². The molecule has 13 heavy (non-hydrogen) atoms. The average Bonchev–Trinajstić information content (AvgIpc) is 2.42. The molecule has 0 unspecified atom stereocenters. The monoisotopic (exact) mass is 178 g/mol. The molecule has 0 radical (unpaired) electrons. The van der Waals surface area contributed by atoms with Gasteiger partial charge in [0.2, 0.25) is 0 Å². The summed E-state index contributed by atoms with van der Waals surface area (Å²) in [6.45, 7) is 2.21. The van der Waals surface area contributed by atoms with Crippen LogP contribution in [-0.4, -0.2) is 11.1 Å². The van der Waals surface area contributed by atoms with Crippen LogP contribution in [0, 0.1) is 5.92 Å². The Labute approximate surface area is 79.9 Å².